The smallest absolute Gasteiger partial charge is 0.336 e. The highest BCUT2D eigenvalue weighted by Gasteiger charge is 2.42. The van der Waals surface area contributed by atoms with E-state index in [-0.39, 0.29) is 17.6 Å². The summed E-state index contributed by atoms with van der Waals surface area (Å²) in [5, 5.41) is 14.8. The zero-order valence-electron chi connectivity index (χ0n) is 11.4. The van der Waals surface area contributed by atoms with Crippen molar-refractivity contribution in [3.05, 3.63) is 28.2 Å². The van der Waals surface area contributed by atoms with Gasteiger partial charge >= 0.3 is 12.0 Å². The van der Waals surface area contributed by atoms with Gasteiger partial charge in [0, 0.05) is 16.2 Å². The molecule has 0 aliphatic heterocycles. The molecule has 2 aliphatic carbocycles. The fourth-order valence-corrected chi connectivity index (χ4v) is 3.03. The van der Waals surface area contributed by atoms with Crippen LogP contribution in [0.2, 0.25) is 0 Å². The first-order valence-electron chi connectivity index (χ1n) is 7.15. The number of benzene rings is 1. The third kappa shape index (κ3) is 3.56. The number of halogens is 1. The Hall–Kier alpha value is -1.56. The Kier molecular flexibility index (Phi) is 3.89. The summed E-state index contributed by atoms with van der Waals surface area (Å²) in [4.78, 5) is 23.1. The van der Waals surface area contributed by atoms with E-state index < -0.39 is 5.97 Å². The van der Waals surface area contributed by atoms with Gasteiger partial charge in [-0.05, 0) is 71.6 Å². The largest absolute Gasteiger partial charge is 0.478 e. The standard InChI is InChI=1S/C15H17BrN2O3/c16-12-6-5-10(7-11(12)14(19)20)17-15(21)18-13(8-1-2-8)9-3-4-9/h5-9,13H,1-4H2,(H,19,20)(H2,17,18,21). The lowest BCUT2D eigenvalue weighted by Crippen LogP contribution is -2.40. The second-order valence-electron chi connectivity index (χ2n) is 5.80. The van der Waals surface area contributed by atoms with Crippen LogP contribution in [0.25, 0.3) is 0 Å². The maximum Gasteiger partial charge on any atom is 0.336 e. The number of anilines is 1. The monoisotopic (exact) mass is 352 g/mol. The minimum atomic E-state index is -1.03. The predicted octanol–water partition coefficient (Wildman–Crippen LogP) is 3.46. The van der Waals surface area contributed by atoms with E-state index in [0.29, 0.717) is 22.0 Å². The number of rotatable bonds is 5. The second kappa shape index (κ2) is 5.67. The van der Waals surface area contributed by atoms with Crippen molar-refractivity contribution in [2.75, 3.05) is 5.32 Å². The Morgan fingerprint density at radius 2 is 1.81 bits per heavy atom. The Morgan fingerprint density at radius 3 is 2.33 bits per heavy atom. The summed E-state index contributed by atoms with van der Waals surface area (Å²) in [7, 11) is 0. The molecule has 2 saturated carbocycles. The summed E-state index contributed by atoms with van der Waals surface area (Å²) in [5.74, 6) is 0.227. The van der Waals surface area contributed by atoms with Gasteiger partial charge in [-0.2, -0.15) is 0 Å². The number of carboxylic acid groups (broad SMARTS) is 1. The Balaban J connectivity index is 1.64. The van der Waals surface area contributed by atoms with Crippen molar-refractivity contribution < 1.29 is 14.7 Å². The van der Waals surface area contributed by atoms with Gasteiger partial charge in [0.2, 0.25) is 0 Å². The van der Waals surface area contributed by atoms with Crippen LogP contribution in [0.4, 0.5) is 10.5 Å². The highest BCUT2D eigenvalue weighted by molar-refractivity contribution is 9.10. The molecule has 3 N–H and O–H groups in total. The molecule has 2 aliphatic rings. The van der Waals surface area contributed by atoms with E-state index in [4.69, 9.17) is 5.11 Å². The van der Waals surface area contributed by atoms with Crippen LogP contribution in [0, 0.1) is 11.8 Å². The van der Waals surface area contributed by atoms with Crippen LogP contribution in [0.15, 0.2) is 22.7 Å². The zero-order chi connectivity index (χ0) is 15.0. The van der Waals surface area contributed by atoms with E-state index in [1.807, 2.05) is 0 Å². The van der Waals surface area contributed by atoms with E-state index in [9.17, 15) is 9.59 Å². The van der Waals surface area contributed by atoms with Crippen LogP contribution in [-0.2, 0) is 0 Å². The van der Waals surface area contributed by atoms with E-state index in [1.165, 1.54) is 31.7 Å². The van der Waals surface area contributed by atoms with Crippen LogP contribution in [0.1, 0.15) is 36.0 Å². The van der Waals surface area contributed by atoms with Gasteiger partial charge in [0.05, 0.1) is 5.56 Å². The number of urea groups is 1. The van der Waals surface area contributed by atoms with Crippen LogP contribution in [0.3, 0.4) is 0 Å². The summed E-state index contributed by atoms with van der Waals surface area (Å²) in [6.45, 7) is 0. The highest BCUT2D eigenvalue weighted by atomic mass is 79.9. The highest BCUT2D eigenvalue weighted by Crippen LogP contribution is 2.44. The molecule has 0 heterocycles. The van der Waals surface area contributed by atoms with Crippen molar-refractivity contribution in [1.29, 1.82) is 0 Å². The van der Waals surface area contributed by atoms with E-state index in [2.05, 4.69) is 26.6 Å². The lowest BCUT2D eigenvalue weighted by Gasteiger charge is -2.18. The van der Waals surface area contributed by atoms with Gasteiger partial charge in [0.25, 0.3) is 0 Å². The van der Waals surface area contributed by atoms with E-state index >= 15 is 0 Å². The molecule has 0 atom stereocenters. The van der Waals surface area contributed by atoms with Gasteiger partial charge in [-0.25, -0.2) is 9.59 Å². The van der Waals surface area contributed by atoms with Crippen molar-refractivity contribution in [2.45, 2.75) is 31.7 Å². The molecule has 6 heteroatoms. The lowest BCUT2D eigenvalue weighted by molar-refractivity contribution is 0.0696. The number of amides is 2. The molecule has 3 rings (SSSR count). The molecule has 5 nitrogen and oxygen atoms in total. The average Bonchev–Trinajstić information content (AvgIpc) is 3.30. The molecule has 0 aromatic heterocycles. The number of hydrogen-bond donors (Lipinski definition) is 3. The van der Waals surface area contributed by atoms with Gasteiger partial charge in [-0.15, -0.1) is 0 Å². The van der Waals surface area contributed by atoms with Gasteiger partial charge in [0.15, 0.2) is 0 Å². The number of carbonyl (C=O) groups is 2. The van der Waals surface area contributed by atoms with Crippen LogP contribution >= 0.6 is 15.9 Å². The van der Waals surface area contributed by atoms with Crippen molar-refractivity contribution in [3.8, 4) is 0 Å². The van der Waals surface area contributed by atoms with Crippen molar-refractivity contribution in [3.63, 3.8) is 0 Å². The molecular weight excluding hydrogens is 336 g/mol. The van der Waals surface area contributed by atoms with Crippen LogP contribution in [0.5, 0.6) is 0 Å². The van der Waals surface area contributed by atoms with E-state index in [0.717, 1.165) is 0 Å². The fraction of sp³-hybridized carbons (Fsp3) is 0.467. The summed E-state index contributed by atoms with van der Waals surface area (Å²) in [6.07, 6.45) is 4.79. The summed E-state index contributed by atoms with van der Waals surface area (Å²) >= 11 is 3.18. The average molecular weight is 353 g/mol. The zero-order valence-corrected chi connectivity index (χ0v) is 13.0. The Bertz CT molecular complexity index is 570. The van der Waals surface area contributed by atoms with Crippen molar-refractivity contribution >= 4 is 33.6 Å². The Morgan fingerprint density at radius 1 is 1.19 bits per heavy atom. The maximum absolute atomic E-state index is 12.1. The van der Waals surface area contributed by atoms with Crippen molar-refractivity contribution in [2.24, 2.45) is 11.8 Å². The molecule has 0 unspecified atom stereocenters. The number of hydrogen-bond acceptors (Lipinski definition) is 2. The third-order valence-electron chi connectivity index (χ3n) is 4.01. The first-order chi connectivity index (χ1) is 10.0. The van der Waals surface area contributed by atoms with Gasteiger partial charge in [-0.3, -0.25) is 0 Å². The molecule has 1 aromatic carbocycles. The molecule has 0 bridgehead atoms. The lowest BCUT2D eigenvalue weighted by atomic mass is 10.1. The number of carbonyl (C=O) groups excluding carboxylic acids is 1. The quantitative estimate of drug-likeness (QED) is 0.759. The molecular formula is C15H17BrN2O3. The van der Waals surface area contributed by atoms with E-state index in [1.54, 1.807) is 12.1 Å². The normalized spacial score (nSPS) is 17.6. The maximum atomic E-state index is 12.1. The topological polar surface area (TPSA) is 78.4 Å². The Labute approximate surface area is 131 Å². The van der Waals surface area contributed by atoms with Gasteiger partial charge < -0.3 is 15.7 Å². The SMILES string of the molecule is O=C(Nc1ccc(Br)c(C(=O)O)c1)NC(C1CC1)C1CC1. The first-order valence-corrected chi connectivity index (χ1v) is 7.94. The molecule has 1 aromatic rings. The number of aromatic carboxylic acids is 1. The van der Waals surface area contributed by atoms with Crippen LogP contribution in [-0.4, -0.2) is 23.1 Å². The minimum absolute atomic E-state index is 0.133. The van der Waals surface area contributed by atoms with Gasteiger partial charge in [-0.1, -0.05) is 0 Å². The molecule has 0 spiro atoms. The molecule has 112 valence electrons. The number of carboxylic acids is 1. The molecule has 0 radical (unpaired) electrons. The minimum Gasteiger partial charge on any atom is -0.478 e. The predicted molar refractivity (Wildman–Crippen MR) is 82.5 cm³/mol. The number of nitrogens with one attached hydrogen (secondary N) is 2. The summed E-state index contributed by atoms with van der Waals surface area (Å²) in [6, 6.07) is 4.78. The van der Waals surface area contributed by atoms with Crippen molar-refractivity contribution in [1.82, 2.24) is 5.32 Å². The first kappa shape index (κ1) is 14.4. The summed E-state index contributed by atoms with van der Waals surface area (Å²) in [5.41, 5.74) is 0.618. The fourth-order valence-electron chi connectivity index (χ4n) is 2.62. The second-order valence-corrected chi connectivity index (χ2v) is 6.65. The summed E-state index contributed by atoms with van der Waals surface area (Å²) < 4.78 is 0.495. The third-order valence-corrected chi connectivity index (χ3v) is 4.70. The van der Waals surface area contributed by atoms with Crippen LogP contribution < -0.4 is 10.6 Å². The molecule has 2 fully saturated rings. The molecule has 21 heavy (non-hydrogen) atoms. The van der Waals surface area contributed by atoms with Gasteiger partial charge in [0.1, 0.15) is 0 Å². The molecule has 2 amide bonds. The molecule has 0 saturated heterocycles.